The van der Waals surface area contributed by atoms with Gasteiger partial charge in [0, 0.05) is 34.8 Å². The summed E-state index contributed by atoms with van der Waals surface area (Å²) in [5, 5.41) is 7.67. The SMILES string of the molecule is Cc1csc(=O)n1CCC(=O)Nc1nc(C23CC4CC(CC(C4)C2)C3)cs1. The average Bonchev–Trinajstić information content (AvgIpc) is 3.20. The van der Waals surface area contributed by atoms with Gasteiger partial charge in [-0.2, -0.15) is 0 Å². The average molecular weight is 404 g/mol. The molecule has 6 rings (SSSR count). The third-order valence-electron chi connectivity index (χ3n) is 6.87. The Bertz CT molecular complexity index is 891. The third kappa shape index (κ3) is 3.18. The molecule has 144 valence electrons. The number of anilines is 1. The Balaban J connectivity index is 1.25. The Morgan fingerprint density at radius 2 is 1.85 bits per heavy atom. The molecule has 2 heterocycles. The Hall–Kier alpha value is -1.47. The summed E-state index contributed by atoms with van der Waals surface area (Å²) in [7, 11) is 0. The lowest BCUT2D eigenvalue weighted by molar-refractivity contribution is -0.116. The van der Waals surface area contributed by atoms with Crippen molar-refractivity contribution in [2.75, 3.05) is 5.32 Å². The van der Waals surface area contributed by atoms with Gasteiger partial charge in [-0.1, -0.05) is 11.3 Å². The first kappa shape index (κ1) is 17.6. The molecule has 0 spiro atoms. The van der Waals surface area contributed by atoms with Crippen LogP contribution in [0.4, 0.5) is 5.13 Å². The van der Waals surface area contributed by atoms with E-state index in [1.54, 1.807) is 15.9 Å². The van der Waals surface area contributed by atoms with Crippen molar-refractivity contribution in [2.45, 2.75) is 63.8 Å². The van der Waals surface area contributed by atoms with Crippen LogP contribution < -0.4 is 10.2 Å². The van der Waals surface area contributed by atoms with E-state index in [1.807, 2.05) is 12.3 Å². The second-order valence-corrected chi connectivity index (χ2v) is 10.5. The summed E-state index contributed by atoms with van der Waals surface area (Å²) in [6.07, 6.45) is 8.43. The molecule has 0 radical (unpaired) electrons. The largest absolute Gasteiger partial charge is 0.307 e. The number of aromatic nitrogens is 2. The second kappa shape index (κ2) is 6.55. The van der Waals surface area contributed by atoms with Gasteiger partial charge >= 0.3 is 4.87 Å². The fourth-order valence-corrected chi connectivity index (χ4v) is 7.68. The third-order valence-corrected chi connectivity index (χ3v) is 8.51. The predicted molar refractivity (Wildman–Crippen MR) is 109 cm³/mol. The van der Waals surface area contributed by atoms with E-state index in [0.717, 1.165) is 23.4 Å². The van der Waals surface area contributed by atoms with Crippen molar-refractivity contribution in [1.29, 1.82) is 0 Å². The molecule has 4 bridgehead atoms. The summed E-state index contributed by atoms with van der Waals surface area (Å²) < 4.78 is 1.66. The molecule has 4 aliphatic carbocycles. The van der Waals surface area contributed by atoms with Gasteiger partial charge in [0.05, 0.1) is 5.69 Å². The van der Waals surface area contributed by atoms with Gasteiger partial charge in [0.1, 0.15) is 0 Å². The highest BCUT2D eigenvalue weighted by Gasteiger charge is 2.52. The van der Waals surface area contributed by atoms with Gasteiger partial charge in [-0.05, 0) is 63.2 Å². The highest BCUT2D eigenvalue weighted by Crippen LogP contribution is 2.60. The molecule has 27 heavy (non-hydrogen) atoms. The van der Waals surface area contributed by atoms with Gasteiger partial charge in [-0.15, -0.1) is 11.3 Å². The van der Waals surface area contributed by atoms with Crippen LogP contribution in [0.1, 0.15) is 56.3 Å². The van der Waals surface area contributed by atoms with Gasteiger partial charge in [0.25, 0.3) is 0 Å². The molecule has 1 N–H and O–H groups in total. The Morgan fingerprint density at radius 3 is 2.44 bits per heavy atom. The van der Waals surface area contributed by atoms with Crippen LogP contribution in [0.25, 0.3) is 0 Å². The summed E-state index contributed by atoms with van der Waals surface area (Å²) in [5.74, 6) is 2.60. The highest BCUT2D eigenvalue weighted by atomic mass is 32.1. The van der Waals surface area contributed by atoms with E-state index >= 15 is 0 Å². The van der Waals surface area contributed by atoms with Crippen LogP contribution in [-0.2, 0) is 16.8 Å². The molecule has 4 fully saturated rings. The number of nitrogens with zero attached hydrogens (tertiary/aromatic N) is 2. The van der Waals surface area contributed by atoms with Crippen LogP contribution in [0.2, 0.25) is 0 Å². The van der Waals surface area contributed by atoms with Crippen molar-refractivity contribution < 1.29 is 4.79 Å². The van der Waals surface area contributed by atoms with Crippen molar-refractivity contribution in [2.24, 2.45) is 17.8 Å². The molecule has 0 atom stereocenters. The zero-order chi connectivity index (χ0) is 18.6. The van der Waals surface area contributed by atoms with E-state index in [-0.39, 0.29) is 16.2 Å². The fraction of sp³-hybridized carbons (Fsp3) is 0.650. The molecule has 4 aliphatic rings. The summed E-state index contributed by atoms with van der Waals surface area (Å²) in [6.45, 7) is 2.32. The summed E-state index contributed by atoms with van der Waals surface area (Å²) >= 11 is 2.73. The maximum atomic E-state index is 12.3. The smallest absolute Gasteiger partial charge is 0.303 e. The van der Waals surface area contributed by atoms with Crippen LogP contribution in [0.5, 0.6) is 0 Å². The first-order chi connectivity index (χ1) is 13.0. The van der Waals surface area contributed by atoms with E-state index < -0.39 is 0 Å². The molecule has 5 nitrogen and oxygen atoms in total. The number of thiazole rings is 2. The minimum atomic E-state index is -0.0705. The summed E-state index contributed by atoms with van der Waals surface area (Å²) in [6, 6.07) is 0. The van der Waals surface area contributed by atoms with Gasteiger partial charge in [0.2, 0.25) is 5.91 Å². The molecule has 2 aromatic heterocycles. The molecular weight excluding hydrogens is 378 g/mol. The second-order valence-electron chi connectivity index (χ2n) is 8.83. The van der Waals surface area contributed by atoms with E-state index in [1.165, 1.54) is 55.6 Å². The Labute approximate surface area is 166 Å². The fourth-order valence-electron chi connectivity index (χ4n) is 6.07. The van der Waals surface area contributed by atoms with Crippen LogP contribution >= 0.6 is 22.7 Å². The van der Waals surface area contributed by atoms with Crippen LogP contribution in [0.3, 0.4) is 0 Å². The molecule has 2 aromatic rings. The molecule has 0 unspecified atom stereocenters. The first-order valence-electron chi connectivity index (χ1n) is 9.91. The Morgan fingerprint density at radius 1 is 1.19 bits per heavy atom. The van der Waals surface area contributed by atoms with Crippen molar-refractivity contribution in [3.05, 3.63) is 31.8 Å². The number of amides is 1. The molecule has 7 heteroatoms. The molecule has 4 saturated carbocycles. The lowest BCUT2D eigenvalue weighted by Gasteiger charge is -2.56. The number of rotatable bonds is 5. The molecule has 0 aliphatic heterocycles. The maximum Gasteiger partial charge on any atom is 0.307 e. The van der Waals surface area contributed by atoms with Gasteiger partial charge in [-0.25, -0.2) is 4.98 Å². The zero-order valence-corrected chi connectivity index (χ0v) is 17.2. The van der Waals surface area contributed by atoms with Gasteiger partial charge < -0.3 is 9.88 Å². The zero-order valence-electron chi connectivity index (χ0n) is 15.6. The number of nitrogens with one attached hydrogen (secondary N) is 1. The molecule has 0 saturated heterocycles. The number of carbonyl (C=O) groups excluding carboxylic acids is 1. The highest BCUT2D eigenvalue weighted by molar-refractivity contribution is 7.14. The molecule has 0 aromatic carbocycles. The van der Waals surface area contributed by atoms with Crippen LogP contribution in [-0.4, -0.2) is 15.5 Å². The van der Waals surface area contributed by atoms with Gasteiger partial charge in [-0.3, -0.25) is 9.59 Å². The number of hydrogen-bond acceptors (Lipinski definition) is 5. The van der Waals surface area contributed by atoms with Crippen LogP contribution in [0.15, 0.2) is 15.6 Å². The number of aryl methyl sites for hydroxylation is 1. The summed E-state index contributed by atoms with van der Waals surface area (Å²) in [5.41, 5.74) is 2.40. The monoisotopic (exact) mass is 403 g/mol. The van der Waals surface area contributed by atoms with Crippen molar-refractivity contribution in [1.82, 2.24) is 9.55 Å². The minimum Gasteiger partial charge on any atom is -0.303 e. The Kier molecular flexibility index (Phi) is 4.27. The standard InChI is InChI=1S/C20H25N3O2S2/c1-12-10-27-19(25)23(12)3-2-17(24)22-18-21-16(11-26-18)20-7-13-4-14(8-20)6-15(5-13)9-20/h10-11,13-15H,2-9H2,1H3,(H,21,22,24). The van der Waals surface area contributed by atoms with E-state index in [9.17, 15) is 9.59 Å². The van der Waals surface area contributed by atoms with E-state index in [2.05, 4.69) is 10.7 Å². The maximum absolute atomic E-state index is 12.3. The lowest BCUT2D eigenvalue weighted by Crippen LogP contribution is -2.48. The lowest BCUT2D eigenvalue weighted by atomic mass is 9.49. The minimum absolute atomic E-state index is 0.00125. The van der Waals surface area contributed by atoms with E-state index in [0.29, 0.717) is 18.1 Å². The van der Waals surface area contributed by atoms with Crippen LogP contribution in [0, 0.1) is 24.7 Å². The topological polar surface area (TPSA) is 64.0 Å². The van der Waals surface area contributed by atoms with Gasteiger partial charge in [0.15, 0.2) is 5.13 Å². The van der Waals surface area contributed by atoms with Crippen molar-refractivity contribution in [3.8, 4) is 0 Å². The number of carbonyl (C=O) groups is 1. The number of hydrogen-bond donors (Lipinski definition) is 1. The molecular formula is C20H25N3O2S2. The first-order valence-corrected chi connectivity index (χ1v) is 11.7. The predicted octanol–water partition coefficient (Wildman–Crippen LogP) is 4.17. The quantitative estimate of drug-likeness (QED) is 0.815. The van der Waals surface area contributed by atoms with E-state index in [4.69, 9.17) is 4.98 Å². The normalized spacial score (nSPS) is 31.4. The van der Waals surface area contributed by atoms with Crippen molar-refractivity contribution in [3.63, 3.8) is 0 Å². The molecule has 1 amide bonds. The van der Waals surface area contributed by atoms with Crippen molar-refractivity contribution >= 4 is 33.7 Å². The summed E-state index contributed by atoms with van der Waals surface area (Å²) in [4.78, 5) is 28.9.